The summed E-state index contributed by atoms with van der Waals surface area (Å²) in [6, 6.07) is 9.40. The molecule has 0 atom stereocenters. The second kappa shape index (κ2) is 6.62. The van der Waals surface area contributed by atoms with E-state index in [2.05, 4.69) is 10.4 Å². The van der Waals surface area contributed by atoms with Crippen LogP contribution in [0.4, 0.5) is 0 Å². The van der Waals surface area contributed by atoms with Crippen molar-refractivity contribution in [3.8, 4) is 11.4 Å². The van der Waals surface area contributed by atoms with Crippen LogP contribution in [0.2, 0.25) is 0 Å². The van der Waals surface area contributed by atoms with Crippen molar-refractivity contribution in [3.63, 3.8) is 0 Å². The van der Waals surface area contributed by atoms with Crippen LogP contribution in [0, 0.1) is 0 Å². The summed E-state index contributed by atoms with van der Waals surface area (Å²) in [5, 5.41) is 7.34. The van der Waals surface area contributed by atoms with Crippen LogP contribution in [-0.4, -0.2) is 42.1 Å². The lowest BCUT2D eigenvalue weighted by molar-refractivity contribution is 0.0694. The van der Waals surface area contributed by atoms with E-state index in [1.165, 1.54) is 0 Å². The van der Waals surface area contributed by atoms with E-state index in [1.54, 1.807) is 24.1 Å². The normalized spacial score (nSPS) is 15.5. The molecule has 22 heavy (non-hydrogen) atoms. The van der Waals surface area contributed by atoms with Gasteiger partial charge in [0.1, 0.15) is 5.75 Å². The van der Waals surface area contributed by atoms with Crippen LogP contribution in [0.1, 0.15) is 23.3 Å². The van der Waals surface area contributed by atoms with Gasteiger partial charge in [-0.3, -0.25) is 4.79 Å². The predicted molar refractivity (Wildman–Crippen MR) is 81.4 cm³/mol. The summed E-state index contributed by atoms with van der Waals surface area (Å²) in [7, 11) is 1.63. The number of ether oxygens (including phenoxy) is 2. The molecule has 1 aromatic heterocycles. The Morgan fingerprint density at radius 3 is 2.68 bits per heavy atom. The average Bonchev–Trinajstić information content (AvgIpc) is 3.06. The van der Waals surface area contributed by atoms with Crippen LogP contribution in [0.15, 0.2) is 36.5 Å². The molecule has 0 saturated carbocycles. The fraction of sp³-hybridized carbons (Fsp3) is 0.375. The molecule has 0 spiro atoms. The molecular weight excluding hydrogens is 282 g/mol. The zero-order valence-electron chi connectivity index (χ0n) is 12.5. The summed E-state index contributed by atoms with van der Waals surface area (Å²) in [4.78, 5) is 12.2. The second-order valence-corrected chi connectivity index (χ2v) is 5.20. The van der Waals surface area contributed by atoms with Crippen molar-refractivity contribution < 1.29 is 14.3 Å². The van der Waals surface area contributed by atoms with Crippen molar-refractivity contribution in [2.24, 2.45) is 0 Å². The SMILES string of the molecule is COc1ccc(-n2ccc(C(=O)NC3CCOCC3)n2)cc1. The zero-order valence-corrected chi connectivity index (χ0v) is 12.5. The van der Waals surface area contributed by atoms with Crippen molar-refractivity contribution in [1.82, 2.24) is 15.1 Å². The number of hydrogen-bond acceptors (Lipinski definition) is 4. The number of methoxy groups -OCH3 is 1. The van der Waals surface area contributed by atoms with E-state index in [9.17, 15) is 4.79 Å². The van der Waals surface area contributed by atoms with E-state index < -0.39 is 0 Å². The van der Waals surface area contributed by atoms with Crippen molar-refractivity contribution in [3.05, 3.63) is 42.2 Å². The van der Waals surface area contributed by atoms with Gasteiger partial charge in [-0.15, -0.1) is 0 Å². The Balaban J connectivity index is 1.68. The molecule has 0 bridgehead atoms. The highest BCUT2D eigenvalue weighted by molar-refractivity contribution is 5.92. The van der Waals surface area contributed by atoms with Crippen molar-refractivity contribution in [1.29, 1.82) is 0 Å². The number of aromatic nitrogens is 2. The third kappa shape index (κ3) is 3.28. The minimum absolute atomic E-state index is 0.140. The van der Waals surface area contributed by atoms with E-state index in [-0.39, 0.29) is 11.9 Å². The topological polar surface area (TPSA) is 65.4 Å². The Bertz CT molecular complexity index is 630. The highest BCUT2D eigenvalue weighted by atomic mass is 16.5. The van der Waals surface area contributed by atoms with Gasteiger partial charge in [0.25, 0.3) is 5.91 Å². The largest absolute Gasteiger partial charge is 0.497 e. The van der Waals surface area contributed by atoms with Gasteiger partial charge in [-0.05, 0) is 43.2 Å². The first kappa shape index (κ1) is 14.6. The smallest absolute Gasteiger partial charge is 0.272 e. The number of amides is 1. The first-order valence-electron chi connectivity index (χ1n) is 7.35. The lowest BCUT2D eigenvalue weighted by Crippen LogP contribution is -2.39. The fourth-order valence-electron chi connectivity index (χ4n) is 2.43. The molecule has 0 unspecified atom stereocenters. The van der Waals surface area contributed by atoms with E-state index in [1.807, 2.05) is 24.3 Å². The lowest BCUT2D eigenvalue weighted by Gasteiger charge is -2.22. The molecule has 2 aromatic rings. The summed E-state index contributed by atoms with van der Waals surface area (Å²) < 4.78 is 12.1. The maximum absolute atomic E-state index is 12.2. The molecule has 2 heterocycles. The molecule has 1 saturated heterocycles. The Morgan fingerprint density at radius 2 is 2.00 bits per heavy atom. The number of nitrogens with zero attached hydrogens (tertiary/aromatic N) is 2. The molecule has 1 amide bonds. The number of hydrogen-bond donors (Lipinski definition) is 1. The molecule has 6 heteroatoms. The summed E-state index contributed by atoms with van der Waals surface area (Å²) >= 11 is 0. The Hall–Kier alpha value is -2.34. The molecule has 1 aliphatic rings. The molecule has 1 N–H and O–H groups in total. The predicted octanol–water partition coefficient (Wildman–Crippen LogP) is 1.79. The average molecular weight is 301 g/mol. The van der Waals surface area contributed by atoms with Crippen molar-refractivity contribution in [2.45, 2.75) is 18.9 Å². The molecule has 0 aliphatic carbocycles. The summed E-state index contributed by atoms with van der Waals surface area (Å²) in [5.74, 6) is 0.646. The molecular formula is C16H19N3O3. The van der Waals surface area contributed by atoms with E-state index in [0.717, 1.165) is 24.3 Å². The van der Waals surface area contributed by atoms with Gasteiger partial charge < -0.3 is 14.8 Å². The van der Waals surface area contributed by atoms with Crippen molar-refractivity contribution >= 4 is 5.91 Å². The Labute approximate surface area is 129 Å². The molecule has 1 fully saturated rings. The van der Waals surface area contributed by atoms with Gasteiger partial charge >= 0.3 is 0 Å². The highest BCUT2D eigenvalue weighted by Gasteiger charge is 2.18. The zero-order chi connectivity index (χ0) is 15.4. The molecule has 0 radical (unpaired) electrons. The number of nitrogens with one attached hydrogen (secondary N) is 1. The number of rotatable bonds is 4. The third-order valence-electron chi connectivity index (χ3n) is 3.72. The van der Waals surface area contributed by atoms with Gasteiger partial charge in [-0.1, -0.05) is 0 Å². The first-order valence-corrected chi connectivity index (χ1v) is 7.35. The van der Waals surface area contributed by atoms with Crippen LogP contribution < -0.4 is 10.1 Å². The van der Waals surface area contributed by atoms with Crippen molar-refractivity contribution in [2.75, 3.05) is 20.3 Å². The number of benzene rings is 1. The first-order chi connectivity index (χ1) is 10.8. The number of carbonyl (C=O) groups excluding carboxylic acids is 1. The minimum atomic E-state index is -0.140. The van der Waals surface area contributed by atoms with Crippen LogP contribution in [-0.2, 0) is 4.74 Å². The highest BCUT2D eigenvalue weighted by Crippen LogP contribution is 2.15. The number of carbonyl (C=O) groups is 1. The Morgan fingerprint density at radius 1 is 1.27 bits per heavy atom. The molecule has 3 rings (SSSR count). The van der Waals surface area contributed by atoms with Crippen LogP contribution >= 0.6 is 0 Å². The maximum Gasteiger partial charge on any atom is 0.272 e. The summed E-state index contributed by atoms with van der Waals surface area (Å²) in [6.07, 6.45) is 3.48. The standard InChI is InChI=1S/C16H19N3O3/c1-21-14-4-2-13(3-5-14)19-9-6-15(18-19)16(20)17-12-7-10-22-11-8-12/h2-6,9,12H,7-8,10-11H2,1H3,(H,17,20). The van der Waals surface area contributed by atoms with Crippen LogP contribution in [0.3, 0.4) is 0 Å². The fourth-order valence-corrected chi connectivity index (χ4v) is 2.43. The van der Waals surface area contributed by atoms with Gasteiger partial charge in [0, 0.05) is 25.5 Å². The quantitative estimate of drug-likeness (QED) is 0.935. The van der Waals surface area contributed by atoms with E-state index >= 15 is 0 Å². The second-order valence-electron chi connectivity index (χ2n) is 5.20. The molecule has 1 aliphatic heterocycles. The van der Waals surface area contributed by atoms with Gasteiger partial charge in [0.05, 0.1) is 12.8 Å². The van der Waals surface area contributed by atoms with Gasteiger partial charge in [0.15, 0.2) is 5.69 Å². The van der Waals surface area contributed by atoms with Crippen LogP contribution in [0.25, 0.3) is 5.69 Å². The maximum atomic E-state index is 12.2. The van der Waals surface area contributed by atoms with Crippen LogP contribution in [0.5, 0.6) is 5.75 Å². The Kier molecular flexibility index (Phi) is 4.39. The molecule has 116 valence electrons. The summed E-state index contributed by atoms with van der Waals surface area (Å²) in [5.41, 5.74) is 1.30. The van der Waals surface area contributed by atoms with Gasteiger partial charge in [0.2, 0.25) is 0 Å². The lowest BCUT2D eigenvalue weighted by atomic mass is 10.1. The van der Waals surface area contributed by atoms with Gasteiger partial charge in [-0.25, -0.2) is 4.68 Å². The van der Waals surface area contributed by atoms with Gasteiger partial charge in [-0.2, -0.15) is 5.10 Å². The minimum Gasteiger partial charge on any atom is -0.497 e. The summed E-state index contributed by atoms with van der Waals surface area (Å²) in [6.45, 7) is 1.40. The molecule has 6 nitrogen and oxygen atoms in total. The van der Waals surface area contributed by atoms with E-state index in [4.69, 9.17) is 9.47 Å². The van der Waals surface area contributed by atoms with E-state index in [0.29, 0.717) is 18.9 Å². The monoisotopic (exact) mass is 301 g/mol. The third-order valence-corrected chi connectivity index (χ3v) is 3.72. The molecule has 1 aromatic carbocycles.